The lowest BCUT2D eigenvalue weighted by atomic mass is 10.1. The van der Waals surface area contributed by atoms with Gasteiger partial charge in [0.15, 0.2) is 5.96 Å². The standard InChI is InChI=1S/C20H26FN5O2/c1-2-22-20(24-10-11-26-18(27)4-3-5-19(26)28)23-9-8-14-13-25-17-12-15(21)6-7-16(14)17/h6-7,12-13,25H,2-5,8-11H2,1H3,(H2,22,23,24). The van der Waals surface area contributed by atoms with Crippen molar-refractivity contribution in [3.05, 3.63) is 35.8 Å². The normalized spacial score (nSPS) is 15.4. The summed E-state index contributed by atoms with van der Waals surface area (Å²) in [6.45, 7) is 4.04. The van der Waals surface area contributed by atoms with E-state index in [9.17, 15) is 14.0 Å². The monoisotopic (exact) mass is 387 g/mol. The van der Waals surface area contributed by atoms with Gasteiger partial charge in [-0.25, -0.2) is 4.39 Å². The number of carbonyl (C=O) groups excluding carboxylic acids is 2. The molecule has 7 nitrogen and oxygen atoms in total. The molecule has 1 saturated heterocycles. The average molecular weight is 387 g/mol. The van der Waals surface area contributed by atoms with Gasteiger partial charge >= 0.3 is 0 Å². The molecule has 0 spiro atoms. The number of hydrogen-bond donors (Lipinski definition) is 3. The Labute approximate surface area is 163 Å². The van der Waals surface area contributed by atoms with Crippen LogP contribution < -0.4 is 10.6 Å². The number of imide groups is 1. The van der Waals surface area contributed by atoms with Crippen LogP contribution in [0.25, 0.3) is 10.9 Å². The van der Waals surface area contributed by atoms with Gasteiger partial charge < -0.3 is 15.6 Å². The van der Waals surface area contributed by atoms with Gasteiger partial charge in [-0.15, -0.1) is 0 Å². The van der Waals surface area contributed by atoms with Crippen LogP contribution >= 0.6 is 0 Å². The number of hydrogen-bond acceptors (Lipinski definition) is 3. The first-order chi connectivity index (χ1) is 13.6. The molecule has 1 aromatic carbocycles. The van der Waals surface area contributed by atoms with Crippen molar-refractivity contribution in [1.29, 1.82) is 0 Å². The second-order valence-corrected chi connectivity index (χ2v) is 6.73. The first kappa shape index (κ1) is 19.9. The zero-order valence-electron chi connectivity index (χ0n) is 16.1. The highest BCUT2D eigenvalue weighted by Crippen LogP contribution is 2.19. The molecule has 1 fully saturated rings. The van der Waals surface area contributed by atoms with Gasteiger partial charge in [-0.2, -0.15) is 0 Å². The SMILES string of the molecule is CCNC(=NCCc1c[nH]c2cc(F)ccc12)NCCN1C(=O)CCCC1=O. The van der Waals surface area contributed by atoms with Crippen LogP contribution in [0.4, 0.5) is 4.39 Å². The lowest BCUT2D eigenvalue weighted by molar-refractivity contribution is -0.147. The van der Waals surface area contributed by atoms with Crippen molar-refractivity contribution in [3.63, 3.8) is 0 Å². The highest BCUT2D eigenvalue weighted by atomic mass is 19.1. The number of amides is 2. The lowest BCUT2D eigenvalue weighted by Crippen LogP contribution is -2.46. The van der Waals surface area contributed by atoms with Gasteiger partial charge in [-0.3, -0.25) is 19.5 Å². The summed E-state index contributed by atoms with van der Waals surface area (Å²) in [5, 5.41) is 7.33. The number of nitrogens with zero attached hydrogens (tertiary/aromatic N) is 2. The quantitative estimate of drug-likeness (QED) is 0.385. The smallest absolute Gasteiger partial charge is 0.229 e. The number of aliphatic imine (C=N–C) groups is 1. The molecule has 0 atom stereocenters. The molecule has 2 amide bonds. The molecule has 2 aromatic rings. The minimum Gasteiger partial charge on any atom is -0.361 e. The van der Waals surface area contributed by atoms with Gasteiger partial charge in [-0.1, -0.05) is 0 Å². The van der Waals surface area contributed by atoms with Crippen LogP contribution in [0.2, 0.25) is 0 Å². The van der Waals surface area contributed by atoms with Crippen molar-refractivity contribution < 1.29 is 14.0 Å². The van der Waals surface area contributed by atoms with E-state index in [0.717, 1.165) is 16.5 Å². The van der Waals surface area contributed by atoms with Gasteiger partial charge in [0.2, 0.25) is 11.8 Å². The number of benzene rings is 1. The molecular weight excluding hydrogens is 361 g/mol. The number of nitrogens with one attached hydrogen (secondary N) is 3. The molecule has 0 unspecified atom stereocenters. The Morgan fingerprint density at radius 1 is 1.25 bits per heavy atom. The Bertz CT molecular complexity index is 861. The van der Waals surface area contributed by atoms with E-state index in [1.165, 1.54) is 17.0 Å². The maximum Gasteiger partial charge on any atom is 0.229 e. The second kappa shape index (κ2) is 9.34. The molecule has 0 saturated carbocycles. The number of likely N-dealkylation sites (tertiary alicyclic amines) is 1. The average Bonchev–Trinajstić information content (AvgIpc) is 3.06. The van der Waals surface area contributed by atoms with Crippen LogP contribution in [0.1, 0.15) is 31.7 Å². The van der Waals surface area contributed by atoms with E-state index < -0.39 is 0 Å². The largest absolute Gasteiger partial charge is 0.361 e. The summed E-state index contributed by atoms with van der Waals surface area (Å²) in [6, 6.07) is 4.71. The molecule has 3 N–H and O–H groups in total. The maximum absolute atomic E-state index is 13.3. The molecule has 150 valence electrons. The molecule has 0 radical (unpaired) electrons. The number of guanidine groups is 1. The fraction of sp³-hybridized carbons (Fsp3) is 0.450. The lowest BCUT2D eigenvalue weighted by Gasteiger charge is -2.25. The van der Waals surface area contributed by atoms with Crippen LogP contribution in [0.5, 0.6) is 0 Å². The number of rotatable bonds is 7. The van der Waals surface area contributed by atoms with Gasteiger partial charge in [-0.05, 0) is 43.5 Å². The predicted molar refractivity (Wildman–Crippen MR) is 107 cm³/mol. The highest BCUT2D eigenvalue weighted by molar-refractivity contribution is 5.97. The number of carbonyl (C=O) groups is 2. The molecule has 0 aliphatic carbocycles. The minimum absolute atomic E-state index is 0.101. The summed E-state index contributed by atoms with van der Waals surface area (Å²) < 4.78 is 13.3. The summed E-state index contributed by atoms with van der Waals surface area (Å²) in [6.07, 6.45) is 4.12. The molecule has 1 aromatic heterocycles. The molecule has 1 aliphatic rings. The molecule has 8 heteroatoms. The first-order valence-corrected chi connectivity index (χ1v) is 9.69. The molecule has 0 bridgehead atoms. The maximum atomic E-state index is 13.3. The van der Waals surface area contributed by atoms with Crippen molar-refractivity contribution >= 4 is 28.7 Å². The summed E-state index contributed by atoms with van der Waals surface area (Å²) in [7, 11) is 0. The van der Waals surface area contributed by atoms with Crippen LogP contribution in [0, 0.1) is 5.82 Å². The van der Waals surface area contributed by atoms with Crippen LogP contribution in [0.3, 0.4) is 0 Å². The fourth-order valence-electron chi connectivity index (χ4n) is 3.33. The predicted octanol–water partition coefficient (Wildman–Crippen LogP) is 1.94. The second-order valence-electron chi connectivity index (χ2n) is 6.73. The summed E-state index contributed by atoms with van der Waals surface area (Å²) in [5.74, 6) is 0.181. The topological polar surface area (TPSA) is 89.6 Å². The zero-order chi connectivity index (χ0) is 19.9. The minimum atomic E-state index is -0.261. The van der Waals surface area contributed by atoms with Crippen LogP contribution in [-0.4, -0.2) is 53.8 Å². The third kappa shape index (κ3) is 4.88. The Morgan fingerprint density at radius 2 is 2.04 bits per heavy atom. The van der Waals surface area contributed by atoms with E-state index in [1.807, 2.05) is 13.1 Å². The number of aromatic nitrogens is 1. The fourth-order valence-corrected chi connectivity index (χ4v) is 3.33. The van der Waals surface area contributed by atoms with Gasteiger partial charge in [0.05, 0.1) is 0 Å². The Kier molecular flexibility index (Phi) is 6.62. The number of fused-ring (bicyclic) bond motifs is 1. The van der Waals surface area contributed by atoms with E-state index in [-0.39, 0.29) is 17.6 Å². The van der Waals surface area contributed by atoms with Crippen molar-refractivity contribution in [1.82, 2.24) is 20.5 Å². The highest BCUT2D eigenvalue weighted by Gasteiger charge is 2.25. The molecule has 2 heterocycles. The molecule has 3 rings (SSSR count). The van der Waals surface area contributed by atoms with Gasteiger partial charge in [0.1, 0.15) is 5.82 Å². The third-order valence-corrected chi connectivity index (χ3v) is 4.74. The molecular formula is C20H26FN5O2. The van der Waals surface area contributed by atoms with Crippen LogP contribution in [-0.2, 0) is 16.0 Å². The van der Waals surface area contributed by atoms with E-state index in [2.05, 4.69) is 20.6 Å². The number of halogens is 1. The molecule has 1 aliphatic heterocycles. The van der Waals surface area contributed by atoms with Gasteiger partial charge in [0.25, 0.3) is 0 Å². The Morgan fingerprint density at radius 3 is 2.79 bits per heavy atom. The summed E-state index contributed by atoms with van der Waals surface area (Å²) in [5.41, 5.74) is 1.86. The Balaban J connectivity index is 1.53. The zero-order valence-corrected chi connectivity index (χ0v) is 16.1. The number of piperidine rings is 1. The summed E-state index contributed by atoms with van der Waals surface area (Å²) >= 11 is 0. The molecule has 28 heavy (non-hydrogen) atoms. The van der Waals surface area contributed by atoms with Crippen molar-refractivity contribution in [2.75, 3.05) is 26.2 Å². The number of H-pyrrole nitrogens is 1. The van der Waals surface area contributed by atoms with Crippen LogP contribution in [0.15, 0.2) is 29.4 Å². The van der Waals surface area contributed by atoms with Crippen molar-refractivity contribution in [2.24, 2.45) is 4.99 Å². The van der Waals surface area contributed by atoms with E-state index in [1.54, 1.807) is 6.07 Å². The van der Waals surface area contributed by atoms with Crippen molar-refractivity contribution in [3.8, 4) is 0 Å². The number of aromatic amines is 1. The van der Waals surface area contributed by atoms with E-state index in [4.69, 9.17) is 0 Å². The third-order valence-electron chi connectivity index (χ3n) is 4.74. The summed E-state index contributed by atoms with van der Waals surface area (Å²) in [4.78, 5) is 32.6. The van der Waals surface area contributed by atoms with Gasteiger partial charge in [0, 0.05) is 56.1 Å². The van der Waals surface area contributed by atoms with Crippen molar-refractivity contribution in [2.45, 2.75) is 32.6 Å². The van der Waals surface area contributed by atoms with E-state index >= 15 is 0 Å². The van der Waals surface area contributed by atoms with E-state index in [0.29, 0.717) is 57.8 Å². The first-order valence-electron chi connectivity index (χ1n) is 9.69. The Hall–Kier alpha value is -2.90.